The Bertz CT molecular complexity index is 541. The fraction of sp³-hybridized carbons (Fsp3) is 0.462. The fourth-order valence-electron chi connectivity index (χ4n) is 1.69. The molecule has 2 N–H and O–H groups in total. The monoisotopic (exact) mass is 344 g/mol. The number of hydrogen-bond acceptors (Lipinski definition) is 3. The minimum atomic E-state index is -1.04. The van der Waals surface area contributed by atoms with E-state index in [0.717, 1.165) is 4.47 Å². The number of aliphatic carboxylic acids is 1. The second-order valence-corrected chi connectivity index (χ2v) is 5.26. The summed E-state index contributed by atoms with van der Waals surface area (Å²) in [5.74, 6) is -1.36. The van der Waals surface area contributed by atoms with Crippen LogP contribution in [-0.2, 0) is 16.1 Å². The zero-order valence-corrected chi connectivity index (χ0v) is 12.7. The largest absolute Gasteiger partial charge is 0.480 e. The molecule has 110 valence electrons. The number of carboxylic acids is 1. The lowest BCUT2D eigenvalue weighted by molar-refractivity contribution is -0.141. The fourth-order valence-corrected chi connectivity index (χ4v) is 2.07. The molecule has 1 rings (SSSR count). The van der Waals surface area contributed by atoms with Crippen molar-refractivity contribution < 1.29 is 14.7 Å². The summed E-state index contributed by atoms with van der Waals surface area (Å²) in [4.78, 5) is 33.9. The Morgan fingerprint density at radius 2 is 2.15 bits per heavy atom. The molecule has 0 aliphatic carbocycles. The van der Waals surface area contributed by atoms with Gasteiger partial charge in [-0.2, -0.15) is 0 Å². The minimum Gasteiger partial charge on any atom is -0.480 e. The Hall–Kier alpha value is -1.63. The Kier molecular flexibility index (Phi) is 6.44. The summed E-state index contributed by atoms with van der Waals surface area (Å²) in [5.41, 5.74) is -0.134. The Balaban J connectivity index is 2.44. The smallest absolute Gasteiger partial charge is 0.326 e. The van der Waals surface area contributed by atoms with Crippen LogP contribution in [-0.4, -0.2) is 27.6 Å². The first kappa shape index (κ1) is 16.4. The molecular weight excluding hydrogens is 328 g/mol. The molecule has 0 fully saturated rings. The summed E-state index contributed by atoms with van der Waals surface area (Å²) < 4.78 is 2.30. The zero-order valence-electron chi connectivity index (χ0n) is 11.1. The summed E-state index contributed by atoms with van der Waals surface area (Å²) in [5, 5.41) is 11.3. The number of aryl methyl sites for hydroxylation is 1. The first-order chi connectivity index (χ1) is 9.43. The molecule has 0 bridgehead atoms. The highest BCUT2D eigenvalue weighted by Gasteiger charge is 2.16. The van der Waals surface area contributed by atoms with Crippen molar-refractivity contribution in [3.63, 3.8) is 0 Å². The SMILES string of the molecule is CCC(NC(=O)CCCn1cc(Br)ccc1=O)C(=O)O. The number of rotatable bonds is 7. The van der Waals surface area contributed by atoms with Crippen molar-refractivity contribution in [3.8, 4) is 0 Å². The highest BCUT2D eigenvalue weighted by atomic mass is 79.9. The second kappa shape index (κ2) is 7.84. The summed E-state index contributed by atoms with van der Waals surface area (Å²) >= 11 is 3.27. The van der Waals surface area contributed by atoms with Crippen LogP contribution in [0.25, 0.3) is 0 Å². The van der Waals surface area contributed by atoms with Crippen LogP contribution in [0.2, 0.25) is 0 Å². The lowest BCUT2D eigenvalue weighted by Crippen LogP contribution is -2.40. The molecule has 20 heavy (non-hydrogen) atoms. The molecule has 6 nitrogen and oxygen atoms in total. The number of aromatic nitrogens is 1. The van der Waals surface area contributed by atoms with E-state index in [1.165, 1.54) is 10.6 Å². The number of carbonyl (C=O) groups is 2. The van der Waals surface area contributed by atoms with E-state index in [-0.39, 0.29) is 17.9 Å². The molecule has 7 heteroatoms. The first-order valence-electron chi connectivity index (χ1n) is 6.32. The Morgan fingerprint density at radius 1 is 1.45 bits per heavy atom. The minimum absolute atomic E-state index is 0.134. The van der Waals surface area contributed by atoms with E-state index in [1.54, 1.807) is 19.2 Å². The number of nitrogens with one attached hydrogen (secondary N) is 1. The van der Waals surface area contributed by atoms with Gasteiger partial charge in [-0.3, -0.25) is 9.59 Å². The van der Waals surface area contributed by atoms with Gasteiger partial charge in [0.1, 0.15) is 6.04 Å². The second-order valence-electron chi connectivity index (χ2n) is 4.35. The van der Waals surface area contributed by atoms with Crippen molar-refractivity contribution in [2.45, 2.75) is 38.8 Å². The number of nitrogens with zero attached hydrogens (tertiary/aromatic N) is 1. The average molecular weight is 345 g/mol. The van der Waals surface area contributed by atoms with Crippen molar-refractivity contribution in [3.05, 3.63) is 33.2 Å². The molecule has 0 aromatic carbocycles. The van der Waals surface area contributed by atoms with Gasteiger partial charge in [0, 0.05) is 29.7 Å². The van der Waals surface area contributed by atoms with E-state index in [4.69, 9.17) is 5.11 Å². The lowest BCUT2D eigenvalue weighted by atomic mass is 10.2. The van der Waals surface area contributed by atoms with E-state index in [1.807, 2.05) is 0 Å². The van der Waals surface area contributed by atoms with Crippen LogP contribution in [0.5, 0.6) is 0 Å². The molecule has 0 spiro atoms. The van der Waals surface area contributed by atoms with Gasteiger partial charge in [0.05, 0.1) is 0 Å². The molecular formula is C13H17BrN2O4. The topological polar surface area (TPSA) is 88.4 Å². The van der Waals surface area contributed by atoms with Crippen LogP contribution in [0.3, 0.4) is 0 Å². The molecule has 1 aromatic heterocycles. The maximum absolute atomic E-state index is 11.6. The van der Waals surface area contributed by atoms with E-state index in [9.17, 15) is 14.4 Å². The van der Waals surface area contributed by atoms with E-state index < -0.39 is 12.0 Å². The molecule has 1 heterocycles. The van der Waals surface area contributed by atoms with E-state index >= 15 is 0 Å². The van der Waals surface area contributed by atoms with E-state index in [2.05, 4.69) is 21.2 Å². The third kappa shape index (κ3) is 5.16. The summed E-state index contributed by atoms with van der Waals surface area (Å²) in [6, 6.07) is 2.25. The van der Waals surface area contributed by atoms with Crippen LogP contribution < -0.4 is 10.9 Å². The van der Waals surface area contributed by atoms with E-state index in [0.29, 0.717) is 19.4 Å². The van der Waals surface area contributed by atoms with Crippen molar-refractivity contribution in [2.75, 3.05) is 0 Å². The Morgan fingerprint density at radius 3 is 2.75 bits per heavy atom. The highest BCUT2D eigenvalue weighted by Crippen LogP contribution is 2.05. The quantitative estimate of drug-likeness (QED) is 0.781. The van der Waals surface area contributed by atoms with Gasteiger partial charge in [-0.15, -0.1) is 0 Å². The standard InChI is InChI=1S/C13H17BrN2O4/c1-2-10(13(19)20)15-11(17)4-3-7-16-8-9(14)5-6-12(16)18/h5-6,8,10H,2-4,7H2,1H3,(H,15,17)(H,19,20). The summed E-state index contributed by atoms with van der Waals surface area (Å²) in [6.07, 6.45) is 2.65. The summed E-state index contributed by atoms with van der Waals surface area (Å²) in [7, 11) is 0. The molecule has 1 atom stereocenters. The van der Waals surface area contributed by atoms with Gasteiger partial charge in [0.2, 0.25) is 5.91 Å². The number of carbonyl (C=O) groups excluding carboxylic acids is 1. The molecule has 1 amide bonds. The van der Waals surface area contributed by atoms with Gasteiger partial charge < -0.3 is 15.0 Å². The van der Waals surface area contributed by atoms with Crippen LogP contribution in [0.15, 0.2) is 27.6 Å². The van der Waals surface area contributed by atoms with Gasteiger partial charge in [-0.25, -0.2) is 4.79 Å². The maximum atomic E-state index is 11.6. The van der Waals surface area contributed by atoms with Crippen LogP contribution in [0, 0.1) is 0 Å². The lowest BCUT2D eigenvalue weighted by Gasteiger charge is -2.12. The predicted molar refractivity (Wildman–Crippen MR) is 77.5 cm³/mol. The molecule has 1 unspecified atom stereocenters. The van der Waals surface area contributed by atoms with Crippen molar-refractivity contribution >= 4 is 27.8 Å². The number of pyridine rings is 1. The third-order valence-electron chi connectivity index (χ3n) is 2.79. The van der Waals surface area contributed by atoms with Crippen molar-refractivity contribution in [2.24, 2.45) is 0 Å². The van der Waals surface area contributed by atoms with Gasteiger partial charge >= 0.3 is 5.97 Å². The highest BCUT2D eigenvalue weighted by molar-refractivity contribution is 9.10. The van der Waals surface area contributed by atoms with Crippen molar-refractivity contribution in [1.29, 1.82) is 0 Å². The average Bonchev–Trinajstić information content (AvgIpc) is 2.39. The molecule has 1 aromatic rings. The first-order valence-corrected chi connectivity index (χ1v) is 7.11. The predicted octanol–water partition coefficient (Wildman–Crippen LogP) is 1.37. The van der Waals surface area contributed by atoms with Crippen LogP contribution in [0.4, 0.5) is 0 Å². The zero-order chi connectivity index (χ0) is 15.1. The van der Waals surface area contributed by atoms with Gasteiger partial charge in [0.25, 0.3) is 5.56 Å². The van der Waals surface area contributed by atoms with Gasteiger partial charge in [-0.05, 0) is 34.8 Å². The molecule has 0 radical (unpaired) electrons. The number of halogens is 1. The Labute approximate surface area is 124 Å². The van der Waals surface area contributed by atoms with Gasteiger partial charge in [0.15, 0.2) is 0 Å². The number of carboxylic acid groups (broad SMARTS) is 1. The normalized spacial score (nSPS) is 11.9. The number of hydrogen-bond donors (Lipinski definition) is 2. The summed E-state index contributed by atoms with van der Waals surface area (Å²) in [6.45, 7) is 2.11. The van der Waals surface area contributed by atoms with Gasteiger partial charge in [-0.1, -0.05) is 6.92 Å². The third-order valence-corrected chi connectivity index (χ3v) is 3.26. The molecule has 0 saturated carbocycles. The molecule has 0 aliphatic heterocycles. The van der Waals surface area contributed by atoms with Crippen molar-refractivity contribution in [1.82, 2.24) is 9.88 Å². The molecule has 0 saturated heterocycles. The van der Waals surface area contributed by atoms with Crippen LogP contribution >= 0.6 is 15.9 Å². The molecule has 0 aliphatic rings. The number of amides is 1. The maximum Gasteiger partial charge on any atom is 0.326 e. The van der Waals surface area contributed by atoms with Crippen LogP contribution in [0.1, 0.15) is 26.2 Å².